The minimum atomic E-state index is -0.800. The Morgan fingerprint density at radius 2 is 2.40 bits per heavy atom. The fourth-order valence-electron chi connectivity index (χ4n) is 1.99. The highest BCUT2D eigenvalue weighted by molar-refractivity contribution is 5.76. The fraction of sp³-hybridized carbons (Fsp3) is 0.364. The zero-order valence-corrected chi connectivity index (χ0v) is 8.56. The second kappa shape index (κ2) is 3.81. The molecule has 4 heteroatoms. The Kier molecular flexibility index (Phi) is 2.49. The second-order valence-corrected chi connectivity index (χ2v) is 3.52. The van der Waals surface area contributed by atoms with Gasteiger partial charge in [0, 0.05) is 17.8 Å². The number of hydrogen-bond acceptors (Lipinski definition) is 3. The van der Waals surface area contributed by atoms with E-state index in [4.69, 9.17) is 9.84 Å². The van der Waals surface area contributed by atoms with Crippen LogP contribution < -0.4 is 9.64 Å². The lowest BCUT2D eigenvalue weighted by Crippen LogP contribution is -2.27. The summed E-state index contributed by atoms with van der Waals surface area (Å²) in [6.45, 7) is 0.808. The predicted molar refractivity (Wildman–Crippen MR) is 56.5 cm³/mol. The van der Waals surface area contributed by atoms with Gasteiger partial charge in [-0.15, -0.1) is 0 Å². The molecule has 1 aromatic carbocycles. The largest absolute Gasteiger partial charge is 0.496 e. The molecule has 0 bridgehead atoms. The van der Waals surface area contributed by atoms with Crippen molar-refractivity contribution < 1.29 is 14.6 Å². The second-order valence-electron chi connectivity index (χ2n) is 3.52. The lowest BCUT2D eigenvalue weighted by atomic mass is 10.1. The van der Waals surface area contributed by atoms with Gasteiger partial charge in [0.2, 0.25) is 0 Å². The molecule has 1 aliphatic rings. The Bertz CT molecular complexity index is 389. The van der Waals surface area contributed by atoms with E-state index in [2.05, 4.69) is 0 Å². The van der Waals surface area contributed by atoms with E-state index in [-0.39, 0.29) is 6.54 Å². The third kappa shape index (κ3) is 1.75. The van der Waals surface area contributed by atoms with Crippen molar-refractivity contribution in [2.75, 3.05) is 25.1 Å². The van der Waals surface area contributed by atoms with E-state index in [1.165, 1.54) is 0 Å². The molecule has 0 fully saturated rings. The Balaban J connectivity index is 2.31. The van der Waals surface area contributed by atoms with E-state index < -0.39 is 5.97 Å². The third-order valence-corrected chi connectivity index (χ3v) is 2.63. The summed E-state index contributed by atoms with van der Waals surface area (Å²) in [5.41, 5.74) is 2.10. The molecule has 0 saturated carbocycles. The minimum Gasteiger partial charge on any atom is -0.496 e. The minimum absolute atomic E-state index is 0.0557. The van der Waals surface area contributed by atoms with Crippen LogP contribution in [0.5, 0.6) is 5.75 Å². The van der Waals surface area contributed by atoms with Crippen LogP contribution in [0.4, 0.5) is 5.69 Å². The van der Waals surface area contributed by atoms with Gasteiger partial charge in [-0.3, -0.25) is 4.79 Å². The first-order chi connectivity index (χ1) is 7.22. The van der Waals surface area contributed by atoms with Gasteiger partial charge < -0.3 is 14.7 Å². The van der Waals surface area contributed by atoms with Crippen molar-refractivity contribution >= 4 is 11.7 Å². The molecule has 1 aliphatic heterocycles. The van der Waals surface area contributed by atoms with Crippen LogP contribution in [-0.2, 0) is 11.2 Å². The van der Waals surface area contributed by atoms with Crippen molar-refractivity contribution in [2.45, 2.75) is 6.42 Å². The molecule has 15 heavy (non-hydrogen) atoms. The number of aliphatic carboxylic acids is 1. The van der Waals surface area contributed by atoms with Gasteiger partial charge in [0.05, 0.1) is 7.11 Å². The maximum atomic E-state index is 10.6. The highest BCUT2D eigenvalue weighted by Crippen LogP contribution is 2.34. The molecular formula is C11H13NO3. The smallest absolute Gasteiger partial charge is 0.323 e. The van der Waals surface area contributed by atoms with Crippen LogP contribution in [0.15, 0.2) is 18.2 Å². The topological polar surface area (TPSA) is 49.8 Å². The zero-order chi connectivity index (χ0) is 10.8. The van der Waals surface area contributed by atoms with Gasteiger partial charge in [-0.2, -0.15) is 0 Å². The van der Waals surface area contributed by atoms with E-state index in [0.29, 0.717) is 0 Å². The molecule has 80 valence electrons. The lowest BCUT2D eigenvalue weighted by Gasteiger charge is -2.16. The van der Waals surface area contributed by atoms with Crippen LogP contribution in [0.3, 0.4) is 0 Å². The molecule has 1 heterocycles. The van der Waals surface area contributed by atoms with Gasteiger partial charge >= 0.3 is 5.97 Å². The number of anilines is 1. The van der Waals surface area contributed by atoms with Crippen LogP contribution >= 0.6 is 0 Å². The Morgan fingerprint density at radius 3 is 3.07 bits per heavy atom. The molecule has 1 N–H and O–H groups in total. The average Bonchev–Trinajstić information content (AvgIpc) is 2.61. The predicted octanol–water partition coefficient (Wildman–Crippen LogP) is 1.14. The van der Waals surface area contributed by atoms with Gasteiger partial charge in [-0.05, 0) is 18.6 Å². The molecule has 0 atom stereocenters. The Labute approximate surface area is 88.1 Å². The first-order valence-corrected chi connectivity index (χ1v) is 4.85. The van der Waals surface area contributed by atoms with Gasteiger partial charge in [0.15, 0.2) is 0 Å². The first kappa shape index (κ1) is 9.83. The summed E-state index contributed by atoms with van der Waals surface area (Å²) >= 11 is 0. The number of methoxy groups -OCH3 is 1. The van der Waals surface area contributed by atoms with Crippen molar-refractivity contribution in [3.05, 3.63) is 23.8 Å². The number of fused-ring (bicyclic) bond motifs is 1. The maximum Gasteiger partial charge on any atom is 0.323 e. The number of ether oxygens (including phenoxy) is 1. The molecule has 0 spiro atoms. The van der Waals surface area contributed by atoms with Crippen molar-refractivity contribution in [2.24, 2.45) is 0 Å². The standard InChI is InChI=1S/C11H13NO3/c1-15-10-4-2-3-9-8(10)5-6-12(9)7-11(13)14/h2-4H,5-7H2,1H3,(H,13,14). The number of hydrogen-bond donors (Lipinski definition) is 1. The lowest BCUT2D eigenvalue weighted by molar-refractivity contribution is -0.135. The molecule has 0 radical (unpaired) electrons. The molecule has 2 rings (SSSR count). The quantitative estimate of drug-likeness (QED) is 0.807. The number of nitrogens with zero attached hydrogens (tertiary/aromatic N) is 1. The summed E-state index contributed by atoms with van der Waals surface area (Å²) < 4.78 is 5.24. The van der Waals surface area contributed by atoms with E-state index in [1.54, 1.807) is 7.11 Å². The average molecular weight is 207 g/mol. The van der Waals surface area contributed by atoms with Crippen molar-refractivity contribution in [1.82, 2.24) is 0 Å². The molecule has 0 amide bonds. The van der Waals surface area contributed by atoms with Gasteiger partial charge in [-0.1, -0.05) is 6.07 Å². The van der Waals surface area contributed by atoms with E-state index in [1.807, 2.05) is 23.1 Å². The maximum absolute atomic E-state index is 10.6. The van der Waals surface area contributed by atoms with Crippen LogP contribution in [0, 0.1) is 0 Å². The fourth-order valence-corrected chi connectivity index (χ4v) is 1.99. The SMILES string of the molecule is COc1cccc2c1CCN2CC(=O)O. The van der Waals surface area contributed by atoms with Crippen LogP contribution in [0.1, 0.15) is 5.56 Å². The molecule has 0 saturated heterocycles. The number of rotatable bonds is 3. The normalized spacial score (nSPS) is 13.8. The zero-order valence-electron chi connectivity index (χ0n) is 8.56. The van der Waals surface area contributed by atoms with Crippen molar-refractivity contribution in [1.29, 1.82) is 0 Å². The third-order valence-electron chi connectivity index (χ3n) is 2.63. The first-order valence-electron chi connectivity index (χ1n) is 4.85. The number of benzene rings is 1. The molecule has 4 nitrogen and oxygen atoms in total. The van der Waals surface area contributed by atoms with Gasteiger partial charge in [-0.25, -0.2) is 0 Å². The van der Waals surface area contributed by atoms with Crippen LogP contribution in [-0.4, -0.2) is 31.3 Å². The summed E-state index contributed by atoms with van der Waals surface area (Å²) in [6, 6.07) is 5.73. The van der Waals surface area contributed by atoms with Crippen LogP contribution in [0.2, 0.25) is 0 Å². The number of carboxylic acids is 1. The van der Waals surface area contributed by atoms with E-state index in [0.717, 1.165) is 30.0 Å². The van der Waals surface area contributed by atoms with Gasteiger partial charge in [0.25, 0.3) is 0 Å². The summed E-state index contributed by atoms with van der Waals surface area (Å²) in [6.07, 6.45) is 0.854. The Hall–Kier alpha value is -1.71. The van der Waals surface area contributed by atoms with Gasteiger partial charge in [0.1, 0.15) is 12.3 Å². The molecule has 1 aromatic rings. The summed E-state index contributed by atoms with van der Waals surface area (Å²) in [4.78, 5) is 12.5. The molecule has 0 aliphatic carbocycles. The molecule has 0 unspecified atom stereocenters. The number of carboxylic acid groups (broad SMARTS) is 1. The molecular weight excluding hydrogens is 194 g/mol. The highest BCUT2D eigenvalue weighted by atomic mass is 16.5. The molecule has 0 aromatic heterocycles. The van der Waals surface area contributed by atoms with E-state index in [9.17, 15) is 4.79 Å². The van der Waals surface area contributed by atoms with Crippen molar-refractivity contribution in [3.8, 4) is 5.75 Å². The van der Waals surface area contributed by atoms with E-state index >= 15 is 0 Å². The number of carbonyl (C=O) groups is 1. The summed E-state index contributed by atoms with van der Waals surface area (Å²) in [5.74, 6) is 0.0473. The van der Waals surface area contributed by atoms with Crippen molar-refractivity contribution in [3.63, 3.8) is 0 Å². The van der Waals surface area contributed by atoms with Crippen LogP contribution in [0.25, 0.3) is 0 Å². The summed E-state index contributed by atoms with van der Waals surface area (Å²) in [5, 5.41) is 8.75. The summed E-state index contributed by atoms with van der Waals surface area (Å²) in [7, 11) is 1.63. The Morgan fingerprint density at radius 1 is 1.60 bits per heavy atom. The monoisotopic (exact) mass is 207 g/mol. The highest BCUT2D eigenvalue weighted by Gasteiger charge is 2.23.